The molecule has 168 valence electrons. The normalized spacial score (nSPS) is 12.4. The quantitative estimate of drug-likeness (QED) is 0.428. The van der Waals surface area contributed by atoms with Gasteiger partial charge < -0.3 is 23.6 Å². The molecule has 2 aromatic carbocycles. The predicted octanol–water partition coefficient (Wildman–Crippen LogP) is 3.99. The maximum Gasteiger partial charge on any atom is 0.341 e. The van der Waals surface area contributed by atoms with Crippen molar-refractivity contribution < 1.29 is 23.8 Å². The van der Waals surface area contributed by atoms with Crippen LogP contribution in [0.15, 0.2) is 57.9 Å². The van der Waals surface area contributed by atoms with Crippen molar-refractivity contribution in [2.75, 3.05) is 20.3 Å². The number of methoxy groups -OCH3 is 1. The number of rotatable bonds is 7. The second-order valence-electron chi connectivity index (χ2n) is 7.87. The number of carboxylic acids is 1. The lowest BCUT2D eigenvalue weighted by atomic mass is 9.94. The molecule has 8 nitrogen and oxygen atoms in total. The molecular formula is C25H22N2O6. The van der Waals surface area contributed by atoms with E-state index in [1.807, 2.05) is 41.0 Å². The first-order valence-corrected chi connectivity index (χ1v) is 10.7. The smallest absolute Gasteiger partial charge is 0.341 e. The Bertz CT molecular complexity index is 1390. The molecule has 1 aliphatic rings. The van der Waals surface area contributed by atoms with E-state index in [4.69, 9.17) is 13.9 Å². The highest BCUT2D eigenvalue weighted by Gasteiger charge is 2.24. The van der Waals surface area contributed by atoms with Gasteiger partial charge in [-0.25, -0.2) is 9.78 Å². The first-order chi connectivity index (χ1) is 16.0. The molecule has 0 bridgehead atoms. The van der Waals surface area contributed by atoms with Gasteiger partial charge in [-0.2, -0.15) is 0 Å². The summed E-state index contributed by atoms with van der Waals surface area (Å²) in [6.07, 6.45) is 2.82. The summed E-state index contributed by atoms with van der Waals surface area (Å²) in [6, 6.07) is 12.8. The van der Waals surface area contributed by atoms with Crippen molar-refractivity contribution in [1.82, 2.24) is 9.55 Å². The van der Waals surface area contributed by atoms with E-state index in [2.05, 4.69) is 4.98 Å². The van der Waals surface area contributed by atoms with Gasteiger partial charge in [0.05, 0.1) is 17.9 Å². The minimum atomic E-state index is -1.23. The molecule has 0 fully saturated rings. The minimum absolute atomic E-state index is 0.237. The molecular weight excluding hydrogens is 424 g/mol. The van der Waals surface area contributed by atoms with Crippen LogP contribution in [-0.2, 0) is 17.7 Å². The van der Waals surface area contributed by atoms with Crippen molar-refractivity contribution in [2.24, 2.45) is 0 Å². The molecule has 5 rings (SSSR count). The van der Waals surface area contributed by atoms with Crippen molar-refractivity contribution >= 4 is 17.1 Å². The first-order valence-electron chi connectivity index (χ1n) is 10.7. The zero-order chi connectivity index (χ0) is 22.9. The molecule has 33 heavy (non-hydrogen) atoms. The Kier molecular flexibility index (Phi) is 5.43. The van der Waals surface area contributed by atoms with Gasteiger partial charge in [0.25, 0.3) is 0 Å². The Labute approximate surface area is 189 Å². The summed E-state index contributed by atoms with van der Waals surface area (Å²) < 4.78 is 19.0. The second-order valence-corrected chi connectivity index (χ2v) is 7.87. The highest BCUT2D eigenvalue weighted by Crippen LogP contribution is 2.39. The van der Waals surface area contributed by atoms with E-state index in [-0.39, 0.29) is 5.56 Å². The van der Waals surface area contributed by atoms with Crippen LogP contribution in [0.5, 0.6) is 5.75 Å². The van der Waals surface area contributed by atoms with Gasteiger partial charge in [-0.1, -0.05) is 12.1 Å². The van der Waals surface area contributed by atoms with Gasteiger partial charge in [-0.15, -0.1) is 0 Å². The summed E-state index contributed by atoms with van der Waals surface area (Å²) in [5.41, 5.74) is 3.82. The maximum absolute atomic E-state index is 12.4. The van der Waals surface area contributed by atoms with Crippen LogP contribution in [0.2, 0.25) is 0 Å². The largest absolute Gasteiger partial charge is 0.493 e. The molecule has 3 heterocycles. The van der Waals surface area contributed by atoms with Crippen LogP contribution in [-0.4, -0.2) is 41.0 Å². The lowest BCUT2D eigenvalue weighted by molar-refractivity contribution is 0.0694. The van der Waals surface area contributed by atoms with Crippen LogP contribution >= 0.6 is 0 Å². The standard InChI is InChI=1S/C25H22N2O6/c1-31-9-4-10-32-23-11-15-7-8-27-14-18(25(29)30)21(28)13-20(27)16(15)12-17(23)24-26-19-5-2-3-6-22(19)33-24/h2-3,5-6,11-14H,4,7-10H2,1H3,(H,29,30). The van der Waals surface area contributed by atoms with Crippen molar-refractivity contribution in [3.05, 3.63) is 70.0 Å². The monoisotopic (exact) mass is 446 g/mol. The summed E-state index contributed by atoms with van der Waals surface area (Å²) >= 11 is 0. The van der Waals surface area contributed by atoms with E-state index in [0.717, 1.165) is 23.1 Å². The number of aromatic nitrogens is 2. The van der Waals surface area contributed by atoms with E-state index in [1.165, 1.54) is 12.3 Å². The van der Waals surface area contributed by atoms with Crippen LogP contribution in [0.25, 0.3) is 33.8 Å². The average molecular weight is 446 g/mol. The molecule has 0 aliphatic carbocycles. The topological polar surface area (TPSA) is 104 Å². The predicted molar refractivity (Wildman–Crippen MR) is 122 cm³/mol. The van der Waals surface area contributed by atoms with Crippen molar-refractivity contribution in [3.63, 3.8) is 0 Å². The van der Waals surface area contributed by atoms with Crippen LogP contribution in [0.3, 0.4) is 0 Å². The average Bonchev–Trinajstić information content (AvgIpc) is 3.25. The summed E-state index contributed by atoms with van der Waals surface area (Å²) in [4.78, 5) is 28.5. The Morgan fingerprint density at radius 2 is 2.03 bits per heavy atom. The zero-order valence-corrected chi connectivity index (χ0v) is 18.0. The van der Waals surface area contributed by atoms with Gasteiger partial charge in [0, 0.05) is 44.5 Å². The number of para-hydroxylation sites is 2. The van der Waals surface area contributed by atoms with Gasteiger partial charge in [0.1, 0.15) is 16.8 Å². The Morgan fingerprint density at radius 3 is 2.82 bits per heavy atom. The van der Waals surface area contributed by atoms with Crippen LogP contribution in [0.4, 0.5) is 0 Å². The minimum Gasteiger partial charge on any atom is -0.493 e. The van der Waals surface area contributed by atoms with Crippen LogP contribution in [0.1, 0.15) is 22.3 Å². The molecule has 0 saturated heterocycles. The Morgan fingerprint density at radius 1 is 1.18 bits per heavy atom. The SMILES string of the molecule is COCCCOc1cc2c(cc1-c1nc3ccccc3o1)-c1cc(=O)c(C(=O)O)cn1CC2. The molecule has 8 heteroatoms. The third kappa shape index (κ3) is 3.89. The first kappa shape index (κ1) is 21.0. The van der Waals surface area contributed by atoms with Gasteiger partial charge in [0.15, 0.2) is 11.0 Å². The number of oxazole rings is 1. The molecule has 2 aromatic heterocycles. The van der Waals surface area contributed by atoms with Crippen LogP contribution in [0, 0.1) is 0 Å². The molecule has 0 atom stereocenters. The summed E-state index contributed by atoms with van der Waals surface area (Å²) in [6.45, 7) is 1.62. The molecule has 1 N–H and O–H groups in total. The number of fused-ring (bicyclic) bond motifs is 4. The molecule has 4 aromatic rings. The Balaban J connectivity index is 1.65. The van der Waals surface area contributed by atoms with Gasteiger partial charge >= 0.3 is 5.97 Å². The van der Waals surface area contributed by atoms with Crippen molar-refractivity contribution in [2.45, 2.75) is 19.4 Å². The molecule has 1 aliphatic heterocycles. The van der Waals surface area contributed by atoms with Gasteiger partial charge in [-0.05, 0) is 36.2 Å². The number of hydrogen-bond donors (Lipinski definition) is 1. The fourth-order valence-corrected chi connectivity index (χ4v) is 4.12. The zero-order valence-electron chi connectivity index (χ0n) is 18.0. The number of carbonyl (C=O) groups is 1. The van der Waals surface area contributed by atoms with E-state index in [9.17, 15) is 14.7 Å². The molecule has 0 radical (unpaired) electrons. The van der Waals surface area contributed by atoms with E-state index in [1.54, 1.807) is 7.11 Å². The van der Waals surface area contributed by atoms with E-state index in [0.29, 0.717) is 54.7 Å². The van der Waals surface area contributed by atoms with E-state index >= 15 is 0 Å². The number of carboxylic acid groups (broad SMARTS) is 1. The molecule has 0 spiro atoms. The molecule has 0 amide bonds. The molecule has 0 saturated carbocycles. The fourth-order valence-electron chi connectivity index (χ4n) is 4.12. The summed E-state index contributed by atoms with van der Waals surface area (Å²) in [7, 11) is 1.65. The number of benzene rings is 2. The fraction of sp³-hybridized carbons (Fsp3) is 0.240. The third-order valence-corrected chi connectivity index (χ3v) is 5.74. The van der Waals surface area contributed by atoms with E-state index < -0.39 is 11.4 Å². The lowest BCUT2D eigenvalue weighted by Crippen LogP contribution is -2.22. The van der Waals surface area contributed by atoms with Crippen LogP contribution < -0.4 is 10.2 Å². The summed E-state index contributed by atoms with van der Waals surface area (Å²) in [5, 5.41) is 9.32. The number of aryl methyl sites for hydroxylation is 2. The van der Waals surface area contributed by atoms with Crippen molar-refractivity contribution in [1.29, 1.82) is 0 Å². The maximum atomic E-state index is 12.4. The highest BCUT2D eigenvalue weighted by atomic mass is 16.5. The number of pyridine rings is 1. The summed E-state index contributed by atoms with van der Waals surface area (Å²) in [5.74, 6) is -0.162. The Hall–Kier alpha value is -3.91. The number of hydrogen-bond acceptors (Lipinski definition) is 6. The van der Waals surface area contributed by atoms with Gasteiger partial charge in [-0.3, -0.25) is 4.79 Å². The van der Waals surface area contributed by atoms with Crippen molar-refractivity contribution in [3.8, 4) is 28.5 Å². The number of ether oxygens (including phenoxy) is 2. The number of nitrogens with zero attached hydrogens (tertiary/aromatic N) is 2. The number of aromatic carboxylic acids is 1. The second kappa shape index (κ2) is 8.55. The third-order valence-electron chi connectivity index (χ3n) is 5.74. The lowest BCUT2D eigenvalue weighted by Gasteiger charge is -2.24. The van der Waals surface area contributed by atoms with Gasteiger partial charge in [0.2, 0.25) is 5.89 Å². The highest BCUT2D eigenvalue weighted by molar-refractivity contribution is 5.88. The molecule has 0 unspecified atom stereocenters.